The molecule has 0 bridgehead atoms. The van der Waals surface area contributed by atoms with Crippen LogP contribution in [0.25, 0.3) is 0 Å². The Bertz CT molecular complexity index is 473. The van der Waals surface area contributed by atoms with E-state index >= 15 is 0 Å². The first-order valence-corrected chi connectivity index (χ1v) is 5.63. The molecule has 1 aromatic rings. The Labute approximate surface area is 104 Å². The summed E-state index contributed by atoms with van der Waals surface area (Å²) < 4.78 is 13.4. The van der Waals surface area contributed by atoms with Crippen molar-refractivity contribution in [2.45, 2.75) is 6.04 Å². The Hall–Kier alpha value is -1.55. The van der Waals surface area contributed by atoms with Gasteiger partial charge in [0.2, 0.25) is 0 Å². The van der Waals surface area contributed by atoms with Crippen molar-refractivity contribution in [1.29, 1.82) is 0 Å². The van der Waals surface area contributed by atoms with Crippen LogP contribution in [0.2, 0.25) is 5.02 Å². The van der Waals surface area contributed by atoms with Crippen LogP contribution in [0, 0.1) is 5.82 Å². The minimum atomic E-state index is -0.423. The van der Waals surface area contributed by atoms with Crippen LogP contribution in [0.4, 0.5) is 4.39 Å². The van der Waals surface area contributed by atoms with Crippen LogP contribution in [-0.4, -0.2) is 23.9 Å². The fourth-order valence-electron chi connectivity index (χ4n) is 1.89. The number of aliphatic imine (C=N–C) groups is 1. The molecule has 2 N–H and O–H groups in total. The molecule has 0 radical (unpaired) electrons. The number of benzene rings is 1. The van der Waals surface area contributed by atoms with Crippen LogP contribution < -0.4 is 5.73 Å². The van der Waals surface area contributed by atoms with E-state index in [1.807, 2.05) is 4.90 Å². The minimum absolute atomic E-state index is 0.0419. The monoisotopic (exact) mass is 253 g/mol. The zero-order valence-corrected chi connectivity index (χ0v) is 9.99. The SMILES string of the molecule is C=CCN1C(N)=NCC1c1ccc(Cl)c(F)c1. The highest BCUT2D eigenvalue weighted by molar-refractivity contribution is 6.30. The molecule has 0 saturated carbocycles. The summed E-state index contributed by atoms with van der Waals surface area (Å²) in [6.45, 7) is 4.79. The maximum Gasteiger partial charge on any atom is 0.192 e. The van der Waals surface area contributed by atoms with Crippen molar-refractivity contribution >= 4 is 17.6 Å². The molecule has 1 aliphatic heterocycles. The van der Waals surface area contributed by atoms with E-state index < -0.39 is 5.82 Å². The quantitative estimate of drug-likeness (QED) is 0.840. The molecule has 0 aromatic heterocycles. The van der Waals surface area contributed by atoms with Crippen LogP contribution in [0.15, 0.2) is 35.8 Å². The predicted molar refractivity (Wildman–Crippen MR) is 67.5 cm³/mol. The highest BCUT2D eigenvalue weighted by Crippen LogP contribution is 2.27. The molecule has 17 heavy (non-hydrogen) atoms. The van der Waals surface area contributed by atoms with E-state index in [4.69, 9.17) is 17.3 Å². The highest BCUT2D eigenvalue weighted by atomic mass is 35.5. The van der Waals surface area contributed by atoms with E-state index in [9.17, 15) is 4.39 Å². The average molecular weight is 254 g/mol. The predicted octanol–water partition coefficient (Wildman–Crippen LogP) is 2.34. The lowest BCUT2D eigenvalue weighted by Crippen LogP contribution is -2.36. The maximum absolute atomic E-state index is 13.4. The number of nitrogens with zero attached hydrogens (tertiary/aromatic N) is 2. The number of guanidine groups is 1. The van der Waals surface area contributed by atoms with Gasteiger partial charge in [-0.25, -0.2) is 4.39 Å². The lowest BCUT2D eigenvalue weighted by molar-refractivity contribution is 0.379. The third-order valence-corrected chi connectivity index (χ3v) is 3.06. The molecule has 1 heterocycles. The van der Waals surface area contributed by atoms with Gasteiger partial charge in [0.25, 0.3) is 0 Å². The second-order valence-electron chi connectivity index (χ2n) is 3.83. The molecular formula is C12H13ClFN3. The molecule has 3 nitrogen and oxygen atoms in total. The van der Waals surface area contributed by atoms with Gasteiger partial charge in [-0.15, -0.1) is 6.58 Å². The molecule has 5 heteroatoms. The summed E-state index contributed by atoms with van der Waals surface area (Å²) in [7, 11) is 0. The topological polar surface area (TPSA) is 41.6 Å². The van der Waals surface area contributed by atoms with Gasteiger partial charge in [0, 0.05) is 6.54 Å². The Kier molecular flexibility index (Phi) is 3.33. The summed E-state index contributed by atoms with van der Waals surface area (Å²) in [6.07, 6.45) is 1.74. The molecular weight excluding hydrogens is 241 g/mol. The zero-order valence-electron chi connectivity index (χ0n) is 9.24. The Balaban J connectivity index is 2.27. The van der Waals surface area contributed by atoms with Gasteiger partial charge in [-0.1, -0.05) is 23.7 Å². The van der Waals surface area contributed by atoms with Gasteiger partial charge < -0.3 is 10.6 Å². The molecule has 0 fully saturated rings. The third kappa shape index (κ3) is 2.26. The molecule has 0 amide bonds. The highest BCUT2D eigenvalue weighted by Gasteiger charge is 2.26. The Morgan fingerprint density at radius 3 is 3.06 bits per heavy atom. The number of halogens is 2. The molecule has 1 atom stereocenters. The van der Waals surface area contributed by atoms with Crippen molar-refractivity contribution in [3.05, 3.63) is 47.3 Å². The van der Waals surface area contributed by atoms with Crippen LogP contribution in [-0.2, 0) is 0 Å². The van der Waals surface area contributed by atoms with E-state index in [2.05, 4.69) is 11.6 Å². The molecule has 1 aromatic carbocycles. The van der Waals surface area contributed by atoms with Crippen LogP contribution >= 0.6 is 11.6 Å². The van der Waals surface area contributed by atoms with Gasteiger partial charge in [0.05, 0.1) is 17.6 Å². The van der Waals surface area contributed by atoms with E-state index in [1.54, 1.807) is 18.2 Å². The summed E-state index contributed by atoms with van der Waals surface area (Å²) >= 11 is 5.66. The second kappa shape index (κ2) is 4.75. The van der Waals surface area contributed by atoms with Crippen molar-refractivity contribution in [2.75, 3.05) is 13.1 Å². The average Bonchev–Trinajstić information content (AvgIpc) is 2.66. The van der Waals surface area contributed by atoms with Crippen LogP contribution in [0.1, 0.15) is 11.6 Å². The van der Waals surface area contributed by atoms with Crippen molar-refractivity contribution in [3.8, 4) is 0 Å². The van der Waals surface area contributed by atoms with Gasteiger partial charge >= 0.3 is 0 Å². The molecule has 0 saturated heterocycles. The summed E-state index contributed by atoms with van der Waals surface area (Å²) in [5.74, 6) is 0.0402. The summed E-state index contributed by atoms with van der Waals surface area (Å²) in [6, 6.07) is 4.73. The first-order chi connectivity index (χ1) is 8.13. The number of hydrogen-bond donors (Lipinski definition) is 1. The largest absolute Gasteiger partial charge is 0.370 e. The van der Waals surface area contributed by atoms with Gasteiger partial charge in [-0.05, 0) is 17.7 Å². The number of rotatable bonds is 3. The van der Waals surface area contributed by atoms with E-state index in [-0.39, 0.29) is 11.1 Å². The summed E-state index contributed by atoms with van der Waals surface area (Å²) in [5, 5.41) is 0.121. The zero-order chi connectivity index (χ0) is 12.4. The van der Waals surface area contributed by atoms with Gasteiger partial charge in [0.15, 0.2) is 5.96 Å². The smallest absolute Gasteiger partial charge is 0.192 e. The van der Waals surface area contributed by atoms with Gasteiger partial charge in [-0.3, -0.25) is 4.99 Å². The van der Waals surface area contributed by atoms with E-state index in [0.29, 0.717) is 19.0 Å². The van der Waals surface area contributed by atoms with Crippen molar-refractivity contribution in [3.63, 3.8) is 0 Å². The first-order valence-electron chi connectivity index (χ1n) is 5.26. The molecule has 90 valence electrons. The van der Waals surface area contributed by atoms with Crippen molar-refractivity contribution in [1.82, 2.24) is 4.90 Å². The molecule has 1 unspecified atom stereocenters. The molecule has 1 aliphatic rings. The maximum atomic E-state index is 13.4. The third-order valence-electron chi connectivity index (χ3n) is 2.75. The Morgan fingerprint density at radius 1 is 1.65 bits per heavy atom. The Morgan fingerprint density at radius 2 is 2.41 bits per heavy atom. The van der Waals surface area contributed by atoms with Crippen LogP contribution in [0.3, 0.4) is 0 Å². The second-order valence-corrected chi connectivity index (χ2v) is 4.24. The molecule has 0 aliphatic carbocycles. The van der Waals surface area contributed by atoms with Gasteiger partial charge in [-0.2, -0.15) is 0 Å². The van der Waals surface area contributed by atoms with E-state index in [0.717, 1.165) is 5.56 Å². The minimum Gasteiger partial charge on any atom is -0.370 e. The number of nitrogens with two attached hydrogens (primary N) is 1. The summed E-state index contributed by atoms with van der Waals surface area (Å²) in [5.41, 5.74) is 6.59. The molecule has 0 spiro atoms. The normalized spacial score (nSPS) is 19.3. The fraction of sp³-hybridized carbons (Fsp3) is 0.250. The lowest BCUT2D eigenvalue weighted by Gasteiger charge is -2.25. The lowest BCUT2D eigenvalue weighted by atomic mass is 10.1. The van der Waals surface area contributed by atoms with Crippen molar-refractivity contribution in [2.24, 2.45) is 10.7 Å². The fourth-order valence-corrected chi connectivity index (χ4v) is 2.01. The summed E-state index contributed by atoms with van der Waals surface area (Å²) in [4.78, 5) is 6.05. The number of hydrogen-bond acceptors (Lipinski definition) is 3. The van der Waals surface area contributed by atoms with Crippen LogP contribution in [0.5, 0.6) is 0 Å². The molecule has 2 rings (SSSR count). The van der Waals surface area contributed by atoms with E-state index in [1.165, 1.54) is 6.07 Å². The van der Waals surface area contributed by atoms with Crippen molar-refractivity contribution < 1.29 is 4.39 Å². The first kappa shape index (κ1) is 11.9. The van der Waals surface area contributed by atoms with Gasteiger partial charge in [0.1, 0.15) is 5.82 Å². The standard InChI is InChI=1S/C12H13ClFN3/c1-2-5-17-11(7-16-12(17)15)8-3-4-9(13)10(14)6-8/h2-4,6,11H,1,5,7H2,(H2,15,16).